The first kappa shape index (κ1) is 23.1. The fraction of sp³-hybridized carbons (Fsp3) is 0.421. The van der Waals surface area contributed by atoms with Crippen molar-refractivity contribution in [2.45, 2.75) is 30.8 Å². The molecule has 2 aromatic rings. The highest BCUT2D eigenvalue weighted by Crippen LogP contribution is 2.26. The van der Waals surface area contributed by atoms with E-state index in [9.17, 15) is 23.3 Å². The molecule has 31 heavy (non-hydrogen) atoms. The summed E-state index contributed by atoms with van der Waals surface area (Å²) in [6, 6.07) is 5.65. The number of nitrogens with zero attached hydrogens (tertiary/aromatic N) is 5. The second kappa shape index (κ2) is 9.28. The van der Waals surface area contributed by atoms with Crippen LogP contribution in [0, 0.1) is 30.9 Å². The first-order chi connectivity index (χ1) is 14.6. The number of hydrogen-bond acceptors (Lipinski definition) is 8. The van der Waals surface area contributed by atoms with E-state index in [0.717, 1.165) is 17.5 Å². The average molecular weight is 466 g/mol. The Hall–Kier alpha value is -2.57. The number of hydrogen-bond donors (Lipinski definition) is 0. The minimum Gasteiger partial charge on any atom is -0.339 e. The normalized spacial score (nSPS) is 15.1. The van der Waals surface area contributed by atoms with Gasteiger partial charge in [0.05, 0.1) is 15.6 Å². The zero-order valence-electron chi connectivity index (χ0n) is 17.4. The average Bonchev–Trinajstić information content (AvgIpc) is 2.71. The molecular weight excluding hydrogens is 442 g/mol. The quantitative estimate of drug-likeness (QED) is 0.274. The maximum Gasteiger partial charge on any atom is 0.270 e. The van der Waals surface area contributed by atoms with E-state index in [1.165, 1.54) is 28.2 Å². The molecule has 1 amide bonds. The van der Waals surface area contributed by atoms with Gasteiger partial charge >= 0.3 is 0 Å². The molecule has 1 aliphatic heterocycles. The van der Waals surface area contributed by atoms with Crippen molar-refractivity contribution in [3.05, 3.63) is 51.3 Å². The van der Waals surface area contributed by atoms with Gasteiger partial charge in [-0.25, -0.2) is 18.4 Å². The van der Waals surface area contributed by atoms with E-state index in [-0.39, 0.29) is 48.4 Å². The van der Waals surface area contributed by atoms with Crippen molar-refractivity contribution >= 4 is 33.4 Å². The second-order valence-corrected chi connectivity index (χ2v) is 10.1. The number of carbonyl (C=O) groups is 1. The van der Waals surface area contributed by atoms with Crippen LogP contribution in [0.15, 0.2) is 34.3 Å². The standard InChI is InChI=1S/C19H23N5O5S2/c1-13-4-5-16(24(26)27)11-17(13)31(28,29)23-8-6-22(7-9-23)18(25)12-30-19-20-14(2)10-15(3)21-19/h4-5,10-11H,6-9,12H2,1-3H3. The van der Waals surface area contributed by atoms with Crippen molar-refractivity contribution < 1.29 is 18.1 Å². The number of nitro groups is 1. The topological polar surface area (TPSA) is 127 Å². The van der Waals surface area contributed by atoms with E-state index in [1.807, 2.05) is 19.9 Å². The molecule has 3 rings (SSSR count). The number of aryl methyl sites for hydroxylation is 3. The molecule has 0 bridgehead atoms. The molecular formula is C19H23N5O5S2. The Bertz CT molecular complexity index is 1090. The number of benzene rings is 1. The number of sulfonamides is 1. The number of piperazine rings is 1. The lowest BCUT2D eigenvalue weighted by atomic mass is 10.2. The molecule has 0 spiro atoms. The smallest absolute Gasteiger partial charge is 0.270 e. The fourth-order valence-corrected chi connectivity index (χ4v) is 5.79. The first-order valence-electron chi connectivity index (χ1n) is 9.56. The summed E-state index contributed by atoms with van der Waals surface area (Å²) < 4.78 is 27.3. The lowest BCUT2D eigenvalue weighted by Crippen LogP contribution is -2.51. The Labute approximate surface area is 184 Å². The molecule has 1 fully saturated rings. The number of nitro benzene ring substituents is 1. The molecule has 0 aliphatic carbocycles. The largest absolute Gasteiger partial charge is 0.339 e. The molecule has 0 atom stereocenters. The summed E-state index contributed by atoms with van der Waals surface area (Å²) in [5.74, 6) is 0.0518. The van der Waals surface area contributed by atoms with Crippen LogP contribution in [0.3, 0.4) is 0 Å². The number of carbonyl (C=O) groups excluding carboxylic acids is 1. The third kappa shape index (κ3) is 5.38. The highest BCUT2D eigenvalue weighted by Gasteiger charge is 2.32. The molecule has 2 heterocycles. The van der Waals surface area contributed by atoms with Gasteiger partial charge in [0.15, 0.2) is 5.16 Å². The van der Waals surface area contributed by atoms with Crippen LogP contribution in [0.25, 0.3) is 0 Å². The number of non-ortho nitro benzene ring substituents is 1. The predicted molar refractivity (Wildman–Crippen MR) is 115 cm³/mol. The number of amides is 1. The third-order valence-corrected chi connectivity index (χ3v) is 7.75. The van der Waals surface area contributed by atoms with E-state index in [0.29, 0.717) is 10.7 Å². The zero-order valence-corrected chi connectivity index (χ0v) is 19.1. The maximum atomic E-state index is 13.0. The van der Waals surface area contributed by atoms with Crippen LogP contribution in [0.5, 0.6) is 0 Å². The Kier molecular flexibility index (Phi) is 6.92. The molecule has 1 aromatic carbocycles. The van der Waals surface area contributed by atoms with Gasteiger partial charge in [0.25, 0.3) is 5.69 Å². The Morgan fingerprint density at radius 1 is 1.10 bits per heavy atom. The molecule has 0 saturated carbocycles. The van der Waals surface area contributed by atoms with Gasteiger partial charge in [-0.05, 0) is 32.4 Å². The number of aromatic nitrogens is 2. The molecule has 0 radical (unpaired) electrons. The summed E-state index contributed by atoms with van der Waals surface area (Å²) in [6.45, 7) is 6.08. The van der Waals surface area contributed by atoms with Gasteiger partial charge in [0, 0.05) is 49.7 Å². The molecule has 1 aromatic heterocycles. The van der Waals surface area contributed by atoms with Crippen LogP contribution in [0.4, 0.5) is 5.69 Å². The summed E-state index contributed by atoms with van der Waals surface area (Å²) in [7, 11) is -3.90. The minimum absolute atomic E-state index is 0.0796. The van der Waals surface area contributed by atoms with Gasteiger partial charge in [-0.15, -0.1) is 0 Å². The van der Waals surface area contributed by atoms with Gasteiger partial charge in [-0.1, -0.05) is 17.8 Å². The van der Waals surface area contributed by atoms with Gasteiger partial charge in [0.1, 0.15) is 0 Å². The molecule has 1 aliphatic rings. The van der Waals surface area contributed by atoms with E-state index in [4.69, 9.17) is 0 Å². The van der Waals surface area contributed by atoms with Gasteiger partial charge in [-0.2, -0.15) is 4.31 Å². The predicted octanol–water partition coefficient (Wildman–Crippen LogP) is 1.94. The minimum atomic E-state index is -3.90. The van der Waals surface area contributed by atoms with Crippen molar-refractivity contribution in [1.82, 2.24) is 19.2 Å². The Balaban J connectivity index is 1.62. The van der Waals surface area contributed by atoms with Crippen molar-refractivity contribution in [2.24, 2.45) is 0 Å². The van der Waals surface area contributed by atoms with Crippen LogP contribution < -0.4 is 0 Å². The van der Waals surface area contributed by atoms with Crippen LogP contribution in [-0.4, -0.2) is 70.4 Å². The maximum absolute atomic E-state index is 13.0. The molecule has 166 valence electrons. The van der Waals surface area contributed by atoms with E-state index in [2.05, 4.69) is 9.97 Å². The van der Waals surface area contributed by atoms with Crippen LogP contribution >= 0.6 is 11.8 Å². The highest BCUT2D eigenvalue weighted by atomic mass is 32.2. The Morgan fingerprint density at radius 2 is 1.71 bits per heavy atom. The van der Waals surface area contributed by atoms with Gasteiger partial charge < -0.3 is 4.90 Å². The van der Waals surface area contributed by atoms with Crippen molar-refractivity contribution in [1.29, 1.82) is 0 Å². The van der Waals surface area contributed by atoms with Crippen molar-refractivity contribution in [2.75, 3.05) is 31.9 Å². The van der Waals surface area contributed by atoms with Crippen molar-refractivity contribution in [3.8, 4) is 0 Å². The lowest BCUT2D eigenvalue weighted by Gasteiger charge is -2.34. The van der Waals surface area contributed by atoms with Gasteiger partial charge in [0.2, 0.25) is 15.9 Å². The first-order valence-corrected chi connectivity index (χ1v) is 12.0. The van der Waals surface area contributed by atoms with E-state index >= 15 is 0 Å². The molecule has 0 N–H and O–H groups in total. The van der Waals surface area contributed by atoms with Crippen LogP contribution in [0.2, 0.25) is 0 Å². The monoisotopic (exact) mass is 465 g/mol. The summed E-state index contributed by atoms with van der Waals surface area (Å²) in [5, 5.41) is 11.6. The molecule has 0 unspecified atom stereocenters. The molecule has 10 nitrogen and oxygen atoms in total. The number of rotatable bonds is 6. The zero-order chi connectivity index (χ0) is 22.8. The van der Waals surface area contributed by atoms with Crippen molar-refractivity contribution in [3.63, 3.8) is 0 Å². The van der Waals surface area contributed by atoms with E-state index < -0.39 is 14.9 Å². The lowest BCUT2D eigenvalue weighted by molar-refractivity contribution is -0.385. The van der Waals surface area contributed by atoms with E-state index in [1.54, 1.807) is 11.8 Å². The molecule has 1 saturated heterocycles. The number of thioether (sulfide) groups is 1. The Morgan fingerprint density at radius 3 is 2.29 bits per heavy atom. The highest BCUT2D eigenvalue weighted by molar-refractivity contribution is 7.99. The fourth-order valence-electron chi connectivity index (χ4n) is 3.27. The summed E-state index contributed by atoms with van der Waals surface area (Å²) in [4.78, 5) is 33.1. The SMILES string of the molecule is Cc1cc(C)nc(SCC(=O)N2CCN(S(=O)(=O)c3cc([N+](=O)[O-])ccc3C)CC2)n1. The summed E-state index contributed by atoms with van der Waals surface area (Å²) in [5.41, 5.74) is 1.83. The van der Waals surface area contributed by atoms with Gasteiger partial charge in [-0.3, -0.25) is 14.9 Å². The summed E-state index contributed by atoms with van der Waals surface area (Å²) in [6.07, 6.45) is 0. The molecule has 12 heteroatoms. The van der Waals surface area contributed by atoms with Crippen LogP contribution in [-0.2, 0) is 14.8 Å². The summed E-state index contributed by atoms with van der Waals surface area (Å²) >= 11 is 1.25. The second-order valence-electron chi connectivity index (χ2n) is 7.21. The third-order valence-electron chi connectivity index (χ3n) is 4.88. The van der Waals surface area contributed by atoms with Crippen LogP contribution in [0.1, 0.15) is 17.0 Å².